The van der Waals surface area contributed by atoms with Gasteiger partial charge in [-0.15, -0.1) is 0 Å². The van der Waals surface area contributed by atoms with Crippen LogP contribution in [0.15, 0.2) is 65.5 Å². The number of fused-ring (bicyclic) bond motifs is 2. The molecule has 24 heavy (non-hydrogen) atoms. The topological polar surface area (TPSA) is 65.1 Å². The molecular formula is C19H14N2O2S. The van der Waals surface area contributed by atoms with E-state index in [0.717, 1.165) is 32.3 Å². The van der Waals surface area contributed by atoms with Crippen LogP contribution in [0.1, 0.15) is 10.4 Å². The van der Waals surface area contributed by atoms with Crippen LogP contribution >= 0.6 is 11.3 Å². The first-order valence-corrected chi connectivity index (χ1v) is 8.34. The molecule has 1 heterocycles. The lowest BCUT2D eigenvalue weighted by atomic mass is 10.0. The van der Waals surface area contributed by atoms with Gasteiger partial charge in [-0.2, -0.15) is 0 Å². The molecule has 0 atom stereocenters. The number of nitrogen functional groups attached to an aromatic ring is 1. The maximum absolute atomic E-state index is 12.6. The average Bonchev–Trinajstić information content (AvgIpc) is 2.89. The van der Waals surface area contributed by atoms with Crippen LogP contribution in [0.5, 0.6) is 0 Å². The molecular weight excluding hydrogens is 320 g/mol. The highest BCUT2D eigenvalue weighted by atomic mass is 32.1. The number of ketones is 1. The van der Waals surface area contributed by atoms with Gasteiger partial charge in [0, 0.05) is 11.3 Å². The second-order valence-electron chi connectivity index (χ2n) is 5.67. The monoisotopic (exact) mass is 334 g/mol. The standard InChI is InChI=1S/C19H14N2O2S/c20-15-7-8-16-18(10-15)24-19(23)21(16)11-17(22)14-6-5-12-3-1-2-4-13(12)9-14/h1-10H,11,20H2. The van der Waals surface area contributed by atoms with Crippen molar-refractivity contribution in [1.29, 1.82) is 0 Å². The van der Waals surface area contributed by atoms with E-state index in [9.17, 15) is 9.59 Å². The van der Waals surface area contributed by atoms with E-state index in [2.05, 4.69) is 0 Å². The van der Waals surface area contributed by atoms with E-state index in [4.69, 9.17) is 5.73 Å². The van der Waals surface area contributed by atoms with Crippen LogP contribution in [0.4, 0.5) is 5.69 Å². The van der Waals surface area contributed by atoms with Gasteiger partial charge in [0.05, 0.1) is 16.8 Å². The van der Waals surface area contributed by atoms with Crippen molar-refractivity contribution in [2.24, 2.45) is 0 Å². The fourth-order valence-electron chi connectivity index (χ4n) is 2.83. The number of carbonyl (C=O) groups is 1. The maximum atomic E-state index is 12.6. The minimum Gasteiger partial charge on any atom is -0.399 e. The summed E-state index contributed by atoms with van der Waals surface area (Å²) in [6.07, 6.45) is 0. The summed E-state index contributed by atoms with van der Waals surface area (Å²) >= 11 is 1.11. The molecule has 0 aliphatic rings. The van der Waals surface area contributed by atoms with E-state index in [-0.39, 0.29) is 17.2 Å². The number of Topliss-reactive ketones (excluding diaryl/α,β-unsaturated/α-hetero) is 1. The summed E-state index contributed by atoms with van der Waals surface area (Å²) < 4.78 is 2.31. The van der Waals surface area contributed by atoms with Crippen molar-refractivity contribution in [3.63, 3.8) is 0 Å². The fourth-order valence-corrected chi connectivity index (χ4v) is 3.77. The fraction of sp³-hybridized carbons (Fsp3) is 0.0526. The molecule has 4 nitrogen and oxygen atoms in total. The van der Waals surface area contributed by atoms with Gasteiger partial charge in [-0.3, -0.25) is 14.2 Å². The molecule has 118 valence electrons. The molecule has 0 fully saturated rings. The molecule has 2 N–H and O–H groups in total. The average molecular weight is 334 g/mol. The third-order valence-corrected chi connectivity index (χ3v) is 5.01. The van der Waals surface area contributed by atoms with Crippen LogP contribution < -0.4 is 10.6 Å². The van der Waals surface area contributed by atoms with Crippen molar-refractivity contribution in [3.05, 3.63) is 75.9 Å². The molecule has 4 rings (SSSR count). The number of benzene rings is 3. The third kappa shape index (κ3) is 2.49. The van der Waals surface area contributed by atoms with Crippen LogP contribution in [0.25, 0.3) is 21.0 Å². The molecule has 0 aliphatic heterocycles. The van der Waals surface area contributed by atoms with Crippen molar-refractivity contribution < 1.29 is 4.79 Å². The molecule has 0 bridgehead atoms. The first-order valence-electron chi connectivity index (χ1n) is 7.53. The lowest BCUT2D eigenvalue weighted by molar-refractivity contribution is 0.0973. The Morgan fingerprint density at radius 1 is 1.00 bits per heavy atom. The number of anilines is 1. The molecule has 5 heteroatoms. The predicted molar refractivity (Wildman–Crippen MR) is 98.8 cm³/mol. The second-order valence-corrected chi connectivity index (χ2v) is 6.66. The minimum absolute atomic E-state index is 0.0289. The summed E-state index contributed by atoms with van der Waals surface area (Å²) in [4.78, 5) is 24.7. The van der Waals surface area contributed by atoms with Crippen molar-refractivity contribution >= 4 is 43.8 Å². The smallest absolute Gasteiger partial charge is 0.308 e. The van der Waals surface area contributed by atoms with Gasteiger partial charge >= 0.3 is 4.87 Å². The summed E-state index contributed by atoms with van der Waals surface area (Å²) in [5.41, 5.74) is 7.72. The van der Waals surface area contributed by atoms with Crippen LogP contribution in [0, 0.1) is 0 Å². The molecule has 0 amide bonds. The van der Waals surface area contributed by atoms with Gasteiger partial charge in [-0.25, -0.2) is 0 Å². The van der Waals surface area contributed by atoms with Crippen molar-refractivity contribution in [2.75, 3.05) is 5.73 Å². The largest absolute Gasteiger partial charge is 0.399 e. The molecule has 1 aromatic heterocycles. The van der Waals surface area contributed by atoms with Crippen LogP contribution in [0.3, 0.4) is 0 Å². The van der Waals surface area contributed by atoms with Crippen LogP contribution in [-0.4, -0.2) is 10.4 Å². The van der Waals surface area contributed by atoms with Crippen molar-refractivity contribution in [3.8, 4) is 0 Å². The van der Waals surface area contributed by atoms with Gasteiger partial charge in [-0.05, 0) is 35.0 Å². The zero-order chi connectivity index (χ0) is 16.7. The Labute approximate surface area is 141 Å². The molecule has 0 saturated heterocycles. The molecule has 0 unspecified atom stereocenters. The number of nitrogens with zero attached hydrogens (tertiary/aromatic N) is 1. The van der Waals surface area contributed by atoms with Gasteiger partial charge in [-0.1, -0.05) is 47.7 Å². The first-order chi connectivity index (χ1) is 11.6. The number of aromatic nitrogens is 1. The highest BCUT2D eigenvalue weighted by molar-refractivity contribution is 7.16. The number of hydrogen-bond acceptors (Lipinski definition) is 4. The van der Waals surface area contributed by atoms with E-state index in [1.807, 2.05) is 42.5 Å². The lowest BCUT2D eigenvalue weighted by Crippen LogP contribution is -2.19. The van der Waals surface area contributed by atoms with Gasteiger partial charge < -0.3 is 5.73 Å². The summed E-state index contributed by atoms with van der Waals surface area (Å²) in [6.45, 7) is 0.0289. The Hall–Kier alpha value is -2.92. The zero-order valence-electron chi connectivity index (χ0n) is 12.7. The number of nitrogens with two attached hydrogens (primary N) is 1. The Morgan fingerprint density at radius 2 is 1.79 bits per heavy atom. The lowest BCUT2D eigenvalue weighted by Gasteiger charge is -2.05. The molecule has 0 radical (unpaired) electrons. The zero-order valence-corrected chi connectivity index (χ0v) is 13.5. The van der Waals surface area contributed by atoms with Crippen molar-refractivity contribution in [1.82, 2.24) is 4.57 Å². The molecule has 3 aromatic carbocycles. The number of rotatable bonds is 3. The molecule has 0 aliphatic carbocycles. The van der Waals surface area contributed by atoms with E-state index < -0.39 is 0 Å². The highest BCUT2D eigenvalue weighted by Gasteiger charge is 2.13. The van der Waals surface area contributed by atoms with Crippen LogP contribution in [0.2, 0.25) is 0 Å². The number of carbonyl (C=O) groups excluding carboxylic acids is 1. The van der Waals surface area contributed by atoms with E-state index in [1.165, 1.54) is 4.57 Å². The SMILES string of the molecule is Nc1ccc2c(c1)sc(=O)n2CC(=O)c1ccc2ccccc2c1. The van der Waals surface area contributed by atoms with Crippen LogP contribution in [-0.2, 0) is 6.54 Å². The van der Waals surface area contributed by atoms with Crippen molar-refractivity contribution in [2.45, 2.75) is 6.54 Å². The van der Waals surface area contributed by atoms with E-state index >= 15 is 0 Å². The summed E-state index contributed by atoms with van der Waals surface area (Å²) in [5, 5.41) is 2.10. The highest BCUT2D eigenvalue weighted by Crippen LogP contribution is 2.21. The van der Waals surface area contributed by atoms with E-state index in [0.29, 0.717) is 11.3 Å². The number of hydrogen-bond donors (Lipinski definition) is 1. The first kappa shape index (κ1) is 14.7. The van der Waals surface area contributed by atoms with Gasteiger partial charge in [0.15, 0.2) is 5.78 Å². The summed E-state index contributed by atoms with van der Waals surface area (Å²) in [6, 6.07) is 18.8. The third-order valence-electron chi connectivity index (χ3n) is 4.07. The van der Waals surface area contributed by atoms with Gasteiger partial charge in [0.25, 0.3) is 0 Å². The Balaban J connectivity index is 1.73. The summed E-state index contributed by atoms with van der Waals surface area (Å²) in [7, 11) is 0. The molecule has 4 aromatic rings. The van der Waals surface area contributed by atoms with E-state index in [1.54, 1.807) is 18.2 Å². The molecule has 0 spiro atoms. The van der Waals surface area contributed by atoms with Gasteiger partial charge in [0.2, 0.25) is 0 Å². The Morgan fingerprint density at radius 3 is 2.62 bits per heavy atom. The minimum atomic E-state index is -0.148. The maximum Gasteiger partial charge on any atom is 0.308 e. The summed E-state index contributed by atoms with van der Waals surface area (Å²) in [5.74, 6) is -0.0839. The second kappa shape index (κ2) is 5.62. The quantitative estimate of drug-likeness (QED) is 0.459. The normalized spacial score (nSPS) is 11.2. The Bertz CT molecular complexity index is 1140. The number of thiazole rings is 1. The Kier molecular flexibility index (Phi) is 3.43. The molecule has 0 saturated carbocycles. The van der Waals surface area contributed by atoms with Gasteiger partial charge in [0.1, 0.15) is 0 Å². The predicted octanol–water partition coefficient (Wildman–Crippen LogP) is 3.68.